The smallest absolute Gasteiger partial charge is 0.248 e. The number of hydrogen-bond acceptors (Lipinski definition) is 3. The topological polar surface area (TPSA) is 90.0 Å². The fraction of sp³-hybridized carbons (Fsp3) is 0.167. The monoisotopic (exact) mass is 322 g/mol. The Bertz CT molecular complexity index is 897. The van der Waals surface area contributed by atoms with Crippen LogP contribution in [-0.2, 0) is 11.3 Å². The maximum absolute atomic E-state index is 12.1. The number of nitrogens with two attached hydrogens (primary N) is 1. The van der Waals surface area contributed by atoms with E-state index in [9.17, 15) is 9.59 Å². The first-order valence-corrected chi connectivity index (χ1v) is 7.65. The molecule has 3 N–H and O–H groups in total. The average Bonchev–Trinajstić information content (AvgIpc) is 2.95. The molecule has 0 fully saturated rings. The number of benzene rings is 2. The summed E-state index contributed by atoms with van der Waals surface area (Å²) in [5.74, 6) is -0.605. The first-order valence-electron chi connectivity index (χ1n) is 7.65. The molecule has 0 radical (unpaired) electrons. The minimum Gasteiger partial charge on any atom is -0.366 e. The van der Waals surface area contributed by atoms with E-state index in [1.807, 2.05) is 29.9 Å². The van der Waals surface area contributed by atoms with Gasteiger partial charge in [-0.15, -0.1) is 0 Å². The molecule has 1 aromatic heterocycles. The Morgan fingerprint density at radius 2 is 1.92 bits per heavy atom. The summed E-state index contributed by atoms with van der Waals surface area (Å²) in [5.41, 5.74) is 8.42. The van der Waals surface area contributed by atoms with Crippen LogP contribution in [0.3, 0.4) is 0 Å². The van der Waals surface area contributed by atoms with Crippen molar-refractivity contribution in [2.24, 2.45) is 5.73 Å². The van der Waals surface area contributed by atoms with Crippen LogP contribution in [0, 0.1) is 6.92 Å². The molecule has 0 spiro atoms. The summed E-state index contributed by atoms with van der Waals surface area (Å²) >= 11 is 0. The summed E-state index contributed by atoms with van der Waals surface area (Å²) in [6.45, 7) is 2.53. The van der Waals surface area contributed by atoms with E-state index in [0.717, 1.165) is 10.9 Å². The highest BCUT2D eigenvalue weighted by Crippen LogP contribution is 2.16. The minimum absolute atomic E-state index is 0.113. The number of nitrogens with zero attached hydrogens (tertiary/aromatic N) is 2. The fourth-order valence-electron chi connectivity index (χ4n) is 2.53. The molecule has 3 rings (SSSR count). The van der Waals surface area contributed by atoms with Gasteiger partial charge < -0.3 is 11.1 Å². The number of nitrogens with one attached hydrogen (secondary N) is 1. The molecule has 0 saturated carbocycles. The molecule has 0 aliphatic rings. The van der Waals surface area contributed by atoms with Crippen LogP contribution in [0.1, 0.15) is 22.3 Å². The second kappa shape index (κ2) is 6.54. The first-order chi connectivity index (χ1) is 11.5. The van der Waals surface area contributed by atoms with Crippen LogP contribution in [0.15, 0.2) is 48.7 Å². The summed E-state index contributed by atoms with van der Waals surface area (Å²) in [4.78, 5) is 23.1. The number of aryl methyl sites for hydroxylation is 2. The molecule has 0 aliphatic carbocycles. The van der Waals surface area contributed by atoms with Crippen LogP contribution in [0.25, 0.3) is 10.9 Å². The van der Waals surface area contributed by atoms with Crippen molar-refractivity contribution in [3.05, 3.63) is 59.8 Å². The van der Waals surface area contributed by atoms with Gasteiger partial charge >= 0.3 is 0 Å². The van der Waals surface area contributed by atoms with Gasteiger partial charge in [0.25, 0.3) is 0 Å². The van der Waals surface area contributed by atoms with E-state index in [2.05, 4.69) is 16.5 Å². The maximum atomic E-state index is 12.1. The van der Waals surface area contributed by atoms with E-state index in [4.69, 9.17) is 5.73 Å². The zero-order valence-electron chi connectivity index (χ0n) is 13.3. The molecule has 6 nitrogen and oxygen atoms in total. The van der Waals surface area contributed by atoms with Gasteiger partial charge in [-0.25, -0.2) is 0 Å². The lowest BCUT2D eigenvalue weighted by molar-refractivity contribution is -0.116. The largest absolute Gasteiger partial charge is 0.366 e. The Kier molecular flexibility index (Phi) is 4.29. The molecule has 2 aromatic carbocycles. The highest BCUT2D eigenvalue weighted by Gasteiger charge is 2.07. The molecule has 0 atom stereocenters. The SMILES string of the molecule is Cc1ccc2c(cnn2CCC(=O)Nc2ccc(C(N)=O)cc2)c1. The van der Waals surface area contributed by atoms with Gasteiger partial charge in [-0.1, -0.05) is 11.6 Å². The van der Waals surface area contributed by atoms with Crippen molar-refractivity contribution in [1.82, 2.24) is 9.78 Å². The van der Waals surface area contributed by atoms with Crippen molar-refractivity contribution in [3.63, 3.8) is 0 Å². The number of anilines is 1. The van der Waals surface area contributed by atoms with Gasteiger partial charge in [0.2, 0.25) is 11.8 Å². The highest BCUT2D eigenvalue weighted by molar-refractivity contribution is 5.94. The van der Waals surface area contributed by atoms with Crippen LogP contribution in [-0.4, -0.2) is 21.6 Å². The third-order valence-electron chi connectivity index (χ3n) is 3.80. The molecule has 0 unspecified atom stereocenters. The average molecular weight is 322 g/mol. The van der Waals surface area contributed by atoms with Gasteiger partial charge in [0.1, 0.15) is 0 Å². The molecule has 0 bridgehead atoms. The number of carbonyl (C=O) groups excluding carboxylic acids is 2. The van der Waals surface area contributed by atoms with Crippen LogP contribution in [0.4, 0.5) is 5.69 Å². The van der Waals surface area contributed by atoms with Gasteiger partial charge in [-0.2, -0.15) is 5.10 Å². The highest BCUT2D eigenvalue weighted by atomic mass is 16.2. The molecule has 0 saturated heterocycles. The third kappa shape index (κ3) is 3.43. The number of fused-ring (bicyclic) bond motifs is 1. The van der Waals surface area contributed by atoms with Crippen molar-refractivity contribution in [1.29, 1.82) is 0 Å². The normalized spacial score (nSPS) is 10.7. The number of amides is 2. The lowest BCUT2D eigenvalue weighted by Gasteiger charge is -2.07. The van der Waals surface area contributed by atoms with Crippen LogP contribution >= 0.6 is 0 Å². The Balaban J connectivity index is 1.61. The molecule has 122 valence electrons. The van der Waals surface area contributed by atoms with Crippen LogP contribution in [0.5, 0.6) is 0 Å². The molecule has 1 heterocycles. The molecule has 0 aliphatic heterocycles. The lowest BCUT2D eigenvalue weighted by Crippen LogP contribution is -2.15. The standard InChI is InChI=1S/C18H18N4O2/c1-12-2-7-16-14(10-12)11-20-22(16)9-8-17(23)21-15-5-3-13(4-6-15)18(19)24/h2-7,10-11H,8-9H2,1H3,(H2,19,24)(H,21,23). The lowest BCUT2D eigenvalue weighted by atomic mass is 10.2. The summed E-state index contributed by atoms with van der Waals surface area (Å²) in [6, 6.07) is 12.6. The maximum Gasteiger partial charge on any atom is 0.248 e. The van der Waals surface area contributed by atoms with E-state index in [-0.39, 0.29) is 5.91 Å². The predicted molar refractivity (Wildman–Crippen MR) is 92.7 cm³/mol. The van der Waals surface area contributed by atoms with Gasteiger partial charge in [0.15, 0.2) is 0 Å². The van der Waals surface area contributed by atoms with E-state index in [1.165, 1.54) is 5.56 Å². The molecule has 6 heteroatoms. The molecule has 24 heavy (non-hydrogen) atoms. The van der Waals surface area contributed by atoms with Gasteiger partial charge in [0.05, 0.1) is 18.3 Å². The molecular weight excluding hydrogens is 304 g/mol. The van der Waals surface area contributed by atoms with Crippen molar-refractivity contribution in [3.8, 4) is 0 Å². The summed E-state index contributed by atoms with van der Waals surface area (Å²) in [7, 11) is 0. The van der Waals surface area contributed by atoms with Gasteiger partial charge in [-0.05, 0) is 43.3 Å². The molecular formula is C18H18N4O2. The number of carbonyl (C=O) groups is 2. The van der Waals surface area contributed by atoms with E-state index >= 15 is 0 Å². The minimum atomic E-state index is -0.492. The molecule has 3 aromatic rings. The van der Waals surface area contributed by atoms with E-state index < -0.39 is 5.91 Å². The number of hydrogen-bond donors (Lipinski definition) is 2. The quantitative estimate of drug-likeness (QED) is 0.756. The van der Waals surface area contributed by atoms with Crippen molar-refractivity contribution >= 4 is 28.4 Å². The summed E-state index contributed by atoms with van der Waals surface area (Å²) < 4.78 is 1.82. The summed E-state index contributed by atoms with van der Waals surface area (Å²) in [5, 5.41) is 8.19. The Labute approximate surface area is 139 Å². The van der Waals surface area contributed by atoms with Gasteiger partial charge in [-0.3, -0.25) is 14.3 Å². The van der Waals surface area contributed by atoms with Crippen molar-refractivity contribution in [2.45, 2.75) is 19.9 Å². The second-order valence-electron chi connectivity index (χ2n) is 5.67. The van der Waals surface area contributed by atoms with Gasteiger partial charge in [0, 0.05) is 23.1 Å². The Hall–Kier alpha value is -3.15. The van der Waals surface area contributed by atoms with Crippen LogP contribution < -0.4 is 11.1 Å². The first kappa shape index (κ1) is 15.7. The zero-order valence-corrected chi connectivity index (χ0v) is 13.3. The number of rotatable bonds is 5. The van der Waals surface area contributed by atoms with Crippen molar-refractivity contribution < 1.29 is 9.59 Å². The predicted octanol–water partition coefficient (Wildman–Crippen LogP) is 2.47. The van der Waals surface area contributed by atoms with E-state index in [1.54, 1.807) is 24.3 Å². The second-order valence-corrected chi connectivity index (χ2v) is 5.67. The number of aromatic nitrogens is 2. The number of primary amides is 1. The molecule has 2 amide bonds. The Morgan fingerprint density at radius 3 is 2.62 bits per heavy atom. The van der Waals surface area contributed by atoms with Crippen LogP contribution in [0.2, 0.25) is 0 Å². The van der Waals surface area contributed by atoms with Crippen molar-refractivity contribution in [2.75, 3.05) is 5.32 Å². The third-order valence-corrected chi connectivity index (χ3v) is 3.80. The van der Waals surface area contributed by atoms with E-state index in [0.29, 0.717) is 24.2 Å². The Morgan fingerprint density at radius 1 is 1.17 bits per heavy atom. The zero-order chi connectivity index (χ0) is 17.1. The fourth-order valence-corrected chi connectivity index (χ4v) is 2.53. The summed E-state index contributed by atoms with van der Waals surface area (Å²) in [6.07, 6.45) is 2.12.